The van der Waals surface area contributed by atoms with Crippen molar-refractivity contribution >= 4 is 17.3 Å². The Morgan fingerprint density at radius 1 is 1.27 bits per heavy atom. The summed E-state index contributed by atoms with van der Waals surface area (Å²) in [5.41, 5.74) is 3.53. The highest BCUT2D eigenvalue weighted by molar-refractivity contribution is 8.09. The van der Waals surface area contributed by atoms with Gasteiger partial charge in [0.25, 0.3) is 0 Å². The molecule has 1 aliphatic heterocycles. The molecule has 76 valence electrons. The molecular weight excluding hydrogens is 204 g/mol. The van der Waals surface area contributed by atoms with Crippen LogP contribution in [0.15, 0.2) is 48.1 Å². The monoisotopic (exact) mass is 216 g/mol. The van der Waals surface area contributed by atoms with Gasteiger partial charge in [-0.1, -0.05) is 42.5 Å². The molecule has 2 atom stereocenters. The van der Waals surface area contributed by atoms with E-state index in [9.17, 15) is 5.11 Å². The highest BCUT2D eigenvalue weighted by Crippen LogP contribution is 2.59. The Bertz CT molecular complexity index is 461. The molecular formula is C13H12OS. The number of thioether (sulfide) groups is 1. The van der Waals surface area contributed by atoms with Gasteiger partial charge in [-0.2, -0.15) is 0 Å². The second-order valence-corrected chi connectivity index (χ2v) is 5.42. The molecule has 0 saturated carbocycles. The summed E-state index contributed by atoms with van der Waals surface area (Å²) in [6, 6.07) is 10.3. The molecule has 3 rings (SSSR count). The number of rotatable bonds is 1. The Labute approximate surface area is 93.5 Å². The van der Waals surface area contributed by atoms with Crippen molar-refractivity contribution in [1.82, 2.24) is 0 Å². The van der Waals surface area contributed by atoms with E-state index in [2.05, 4.69) is 24.3 Å². The number of hydrogen-bond donors (Lipinski definition) is 1. The zero-order chi connectivity index (χ0) is 10.5. The normalized spacial score (nSPS) is 32.8. The van der Waals surface area contributed by atoms with Crippen molar-refractivity contribution in [2.45, 2.75) is 17.1 Å². The maximum absolute atomic E-state index is 10.0. The first-order valence-electron chi connectivity index (χ1n) is 5.06. The maximum Gasteiger partial charge on any atom is 0.148 e. The lowest BCUT2D eigenvalue weighted by Crippen LogP contribution is -2.16. The molecule has 1 aliphatic carbocycles. The topological polar surface area (TPSA) is 20.2 Å². The van der Waals surface area contributed by atoms with Crippen molar-refractivity contribution in [1.29, 1.82) is 0 Å². The molecule has 0 aromatic heterocycles. The SMILES string of the molecule is CC1=CC(c2ccccc2)=CC2SC12O. The van der Waals surface area contributed by atoms with Crippen LogP contribution in [0.25, 0.3) is 5.57 Å². The first-order chi connectivity index (χ1) is 7.20. The van der Waals surface area contributed by atoms with Gasteiger partial charge in [0.15, 0.2) is 0 Å². The van der Waals surface area contributed by atoms with Crippen molar-refractivity contribution < 1.29 is 5.11 Å². The first-order valence-corrected chi connectivity index (χ1v) is 5.94. The fraction of sp³-hybridized carbons (Fsp3) is 0.231. The van der Waals surface area contributed by atoms with Crippen LogP contribution in [0.2, 0.25) is 0 Å². The van der Waals surface area contributed by atoms with Gasteiger partial charge < -0.3 is 5.11 Å². The number of fused-ring (bicyclic) bond motifs is 1. The fourth-order valence-electron chi connectivity index (χ4n) is 1.98. The van der Waals surface area contributed by atoms with Crippen LogP contribution in [-0.2, 0) is 0 Å². The third kappa shape index (κ3) is 1.36. The summed E-state index contributed by atoms with van der Waals surface area (Å²) in [6.07, 6.45) is 4.25. The molecule has 0 amide bonds. The molecule has 1 heterocycles. The van der Waals surface area contributed by atoms with E-state index in [1.54, 1.807) is 11.8 Å². The Hall–Kier alpha value is -0.990. The molecule has 1 N–H and O–H groups in total. The van der Waals surface area contributed by atoms with Gasteiger partial charge in [-0.05, 0) is 23.6 Å². The number of benzene rings is 1. The Kier molecular flexibility index (Phi) is 1.85. The van der Waals surface area contributed by atoms with Crippen LogP contribution in [0, 0.1) is 0 Å². The molecule has 1 aromatic carbocycles. The summed E-state index contributed by atoms with van der Waals surface area (Å²) in [6.45, 7) is 2.00. The fourth-order valence-corrected chi connectivity index (χ4v) is 3.01. The average molecular weight is 216 g/mol. The Morgan fingerprint density at radius 3 is 2.67 bits per heavy atom. The van der Waals surface area contributed by atoms with Crippen molar-refractivity contribution in [2.24, 2.45) is 0 Å². The van der Waals surface area contributed by atoms with Crippen LogP contribution in [0.5, 0.6) is 0 Å². The number of aliphatic hydroxyl groups is 1. The molecule has 2 unspecified atom stereocenters. The van der Waals surface area contributed by atoms with Gasteiger partial charge in [0.05, 0.1) is 5.25 Å². The van der Waals surface area contributed by atoms with E-state index in [1.165, 1.54) is 11.1 Å². The van der Waals surface area contributed by atoms with E-state index in [0.717, 1.165) is 5.57 Å². The maximum atomic E-state index is 10.0. The van der Waals surface area contributed by atoms with Crippen LogP contribution in [0.4, 0.5) is 0 Å². The highest BCUT2D eigenvalue weighted by Gasteiger charge is 2.56. The average Bonchev–Trinajstić information content (AvgIpc) is 2.92. The molecule has 1 nitrogen and oxygen atoms in total. The van der Waals surface area contributed by atoms with E-state index in [4.69, 9.17) is 0 Å². The molecule has 2 heteroatoms. The van der Waals surface area contributed by atoms with Crippen molar-refractivity contribution in [2.75, 3.05) is 0 Å². The van der Waals surface area contributed by atoms with Crippen LogP contribution < -0.4 is 0 Å². The molecule has 1 saturated heterocycles. The molecule has 0 radical (unpaired) electrons. The Balaban J connectivity index is 2.01. The van der Waals surface area contributed by atoms with Crippen molar-refractivity contribution in [3.8, 4) is 0 Å². The molecule has 0 bridgehead atoms. The minimum atomic E-state index is -0.585. The third-order valence-corrected chi connectivity index (χ3v) is 4.42. The van der Waals surface area contributed by atoms with Crippen LogP contribution in [0.3, 0.4) is 0 Å². The van der Waals surface area contributed by atoms with Gasteiger partial charge in [0.1, 0.15) is 4.93 Å². The van der Waals surface area contributed by atoms with Gasteiger partial charge in [-0.3, -0.25) is 0 Å². The van der Waals surface area contributed by atoms with Gasteiger partial charge in [-0.25, -0.2) is 0 Å². The largest absolute Gasteiger partial charge is 0.374 e. The molecule has 0 spiro atoms. The molecule has 2 aliphatic rings. The zero-order valence-corrected chi connectivity index (χ0v) is 9.29. The minimum Gasteiger partial charge on any atom is -0.374 e. The molecule has 1 aromatic rings. The van der Waals surface area contributed by atoms with E-state index in [1.807, 2.05) is 25.1 Å². The lowest BCUT2D eigenvalue weighted by atomic mass is 9.94. The summed E-state index contributed by atoms with van der Waals surface area (Å²) in [7, 11) is 0. The van der Waals surface area contributed by atoms with Gasteiger partial charge in [0, 0.05) is 0 Å². The molecule has 15 heavy (non-hydrogen) atoms. The van der Waals surface area contributed by atoms with E-state index < -0.39 is 4.93 Å². The summed E-state index contributed by atoms with van der Waals surface area (Å²) >= 11 is 1.62. The highest BCUT2D eigenvalue weighted by atomic mass is 32.2. The van der Waals surface area contributed by atoms with Gasteiger partial charge in [-0.15, -0.1) is 11.8 Å². The summed E-state index contributed by atoms with van der Waals surface area (Å²) in [5, 5.41) is 10.3. The quantitative estimate of drug-likeness (QED) is 0.728. The summed E-state index contributed by atoms with van der Waals surface area (Å²) in [4.78, 5) is -0.585. The smallest absolute Gasteiger partial charge is 0.148 e. The van der Waals surface area contributed by atoms with Crippen LogP contribution in [0.1, 0.15) is 12.5 Å². The first kappa shape index (κ1) is 9.25. The predicted octanol–water partition coefficient (Wildman–Crippen LogP) is 2.83. The van der Waals surface area contributed by atoms with Crippen molar-refractivity contribution in [3.63, 3.8) is 0 Å². The van der Waals surface area contributed by atoms with Gasteiger partial charge >= 0.3 is 0 Å². The Morgan fingerprint density at radius 2 is 2.00 bits per heavy atom. The second-order valence-electron chi connectivity index (χ2n) is 4.05. The number of hydrogen-bond acceptors (Lipinski definition) is 2. The minimum absolute atomic E-state index is 0.262. The lowest BCUT2D eigenvalue weighted by molar-refractivity contribution is 0.216. The lowest BCUT2D eigenvalue weighted by Gasteiger charge is -2.14. The van der Waals surface area contributed by atoms with E-state index in [0.29, 0.717) is 0 Å². The standard InChI is InChI=1S/C13H12OS/c1-9-7-11(8-12-13(9,14)15-12)10-5-3-2-4-6-10/h2-8,12,14H,1H3. The van der Waals surface area contributed by atoms with E-state index in [-0.39, 0.29) is 5.25 Å². The molecule has 1 fully saturated rings. The van der Waals surface area contributed by atoms with Crippen molar-refractivity contribution in [3.05, 3.63) is 53.6 Å². The second kappa shape index (κ2) is 3.00. The predicted molar refractivity (Wildman–Crippen MR) is 64.5 cm³/mol. The van der Waals surface area contributed by atoms with Crippen LogP contribution >= 0.6 is 11.8 Å². The summed E-state index contributed by atoms with van der Waals surface area (Å²) in [5.74, 6) is 0. The summed E-state index contributed by atoms with van der Waals surface area (Å²) < 4.78 is 0. The third-order valence-electron chi connectivity index (χ3n) is 3.01. The number of allylic oxidation sites excluding steroid dienone is 2. The zero-order valence-electron chi connectivity index (χ0n) is 8.47. The van der Waals surface area contributed by atoms with E-state index >= 15 is 0 Å². The van der Waals surface area contributed by atoms with Crippen LogP contribution in [-0.4, -0.2) is 15.3 Å². The van der Waals surface area contributed by atoms with Gasteiger partial charge in [0.2, 0.25) is 0 Å².